The maximum absolute atomic E-state index is 12.1. The van der Waals surface area contributed by atoms with Gasteiger partial charge in [0.25, 0.3) is 5.91 Å². The van der Waals surface area contributed by atoms with Crippen molar-refractivity contribution >= 4 is 5.91 Å². The van der Waals surface area contributed by atoms with E-state index in [4.69, 9.17) is 9.47 Å². The predicted molar refractivity (Wildman–Crippen MR) is 104 cm³/mol. The molecule has 0 spiro atoms. The number of methoxy groups -OCH3 is 1. The molecule has 0 unspecified atom stereocenters. The average molecular weight is 369 g/mol. The van der Waals surface area contributed by atoms with Gasteiger partial charge in [0.05, 0.1) is 12.8 Å². The zero-order chi connectivity index (χ0) is 18.9. The number of aromatic nitrogens is 1. The molecular weight excluding hydrogens is 342 g/mol. The van der Waals surface area contributed by atoms with Crippen LogP contribution in [-0.2, 0) is 11.3 Å². The molecule has 1 aromatic carbocycles. The molecule has 1 aromatic heterocycles. The molecule has 0 atom stereocenters. The average Bonchev–Trinajstić information content (AvgIpc) is 2.72. The molecule has 144 valence electrons. The minimum atomic E-state index is -0.100. The zero-order valence-corrected chi connectivity index (χ0v) is 15.8. The number of hydrogen-bond donors (Lipinski definition) is 1. The Labute approximate surface area is 160 Å². The maximum atomic E-state index is 12.1. The molecule has 2 aromatic rings. The highest BCUT2D eigenvalue weighted by molar-refractivity contribution is 5.77. The van der Waals surface area contributed by atoms with E-state index in [2.05, 4.69) is 21.3 Å². The number of rotatable bonds is 8. The summed E-state index contributed by atoms with van der Waals surface area (Å²) >= 11 is 0. The number of amides is 1. The highest BCUT2D eigenvalue weighted by Crippen LogP contribution is 2.25. The number of pyridine rings is 1. The third-order valence-corrected chi connectivity index (χ3v) is 4.83. The maximum Gasteiger partial charge on any atom is 0.257 e. The van der Waals surface area contributed by atoms with E-state index in [-0.39, 0.29) is 12.5 Å². The van der Waals surface area contributed by atoms with Crippen LogP contribution in [0.3, 0.4) is 0 Å². The lowest BCUT2D eigenvalue weighted by Gasteiger charge is -2.31. The Balaban J connectivity index is 1.34. The molecule has 6 nitrogen and oxygen atoms in total. The number of carbonyl (C=O) groups excluding carboxylic acids is 1. The summed E-state index contributed by atoms with van der Waals surface area (Å²) in [6.07, 6.45) is 4.01. The topological polar surface area (TPSA) is 63.7 Å². The van der Waals surface area contributed by atoms with Gasteiger partial charge in [0, 0.05) is 19.3 Å². The van der Waals surface area contributed by atoms with Crippen LogP contribution in [-0.4, -0.2) is 49.1 Å². The zero-order valence-electron chi connectivity index (χ0n) is 15.8. The fourth-order valence-corrected chi connectivity index (χ4v) is 3.26. The van der Waals surface area contributed by atoms with Crippen LogP contribution in [0.2, 0.25) is 0 Å². The number of piperidine rings is 1. The van der Waals surface area contributed by atoms with Crippen molar-refractivity contribution in [3.8, 4) is 11.5 Å². The van der Waals surface area contributed by atoms with Crippen LogP contribution in [0.5, 0.6) is 11.5 Å². The molecule has 0 radical (unpaired) electrons. The first kappa shape index (κ1) is 19.2. The molecule has 2 heterocycles. The van der Waals surface area contributed by atoms with Gasteiger partial charge in [-0.3, -0.25) is 14.7 Å². The van der Waals surface area contributed by atoms with Crippen LogP contribution in [0.25, 0.3) is 0 Å². The largest absolute Gasteiger partial charge is 0.493 e. The summed E-state index contributed by atoms with van der Waals surface area (Å²) in [6, 6.07) is 13.4. The van der Waals surface area contributed by atoms with Crippen molar-refractivity contribution in [2.45, 2.75) is 19.4 Å². The number of hydrogen-bond acceptors (Lipinski definition) is 5. The Morgan fingerprint density at radius 2 is 1.89 bits per heavy atom. The number of likely N-dealkylation sites (tertiary alicyclic amines) is 1. The fourth-order valence-electron chi connectivity index (χ4n) is 3.26. The van der Waals surface area contributed by atoms with Crippen molar-refractivity contribution < 1.29 is 14.3 Å². The number of carbonyl (C=O) groups is 1. The van der Waals surface area contributed by atoms with Crippen LogP contribution < -0.4 is 14.8 Å². The minimum absolute atomic E-state index is 0.00110. The van der Waals surface area contributed by atoms with Gasteiger partial charge in [0.2, 0.25) is 0 Å². The van der Waals surface area contributed by atoms with Gasteiger partial charge in [-0.1, -0.05) is 18.2 Å². The Morgan fingerprint density at radius 1 is 1.15 bits per heavy atom. The van der Waals surface area contributed by atoms with E-state index in [9.17, 15) is 4.79 Å². The molecule has 0 bridgehead atoms. The summed E-state index contributed by atoms with van der Waals surface area (Å²) < 4.78 is 10.8. The van der Waals surface area contributed by atoms with Crippen molar-refractivity contribution in [1.29, 1.82) is 0 Å². The second-order valence-corrected chi connectivity index (χ2v) is 6.78. The molecule has 27 heavy (non-hydrogen) atoms. The Morgan fingerprint density at radius 3 is 2.59 bits per heavy atom. The van der Waals surface area contributed by atoms with Crippen LogP contribution in [0, 0.1) is 5.92 Å². The molecule has 1 aliphatic heterocycles. The summed E-state index contributed by atoms with van der Waals surface area (Å²) in [5.41, 5.74) is 1.11. The van der Waals surface area contributed by atoms with Gasteiger partial charge < -0.3 is 14.8 Å². The van der Waals surface area contributed by atoms with Crippen LogP contribution in [0.4, 0.5) is 0 Å². The van der Waals surface area contributed by atoms with E-state index in [1.54, 1.807) is 13.2 Å². The van der Waals surface area contributed by atoms with Crippen molar-refractivity contribution in [2.75, 3.05) is 33.4 Å². The van der Waals surface area contributed by atoms with Gasteiger partial charge in [-0.2, -0.15) is 0 Å². The number of nitrogens with one attached hydrogen (secondary N) is 1. The molecule has 1 aliphatic rings. The first-order valence-corrected chi connectivity index (χ1v) is 9.39. The van der Waals surface area contributed by atoms with E-state index in [1.807, 2.05) is 36.5 Å². The van der Waals surface area contributed by atoms with Gasteiger partial charge in [0.15, 0.2) is 18.1 Å². The Kier molecular flexibility index (Phi) is 7.04. The normalized spacial score (nSPS) is 15.3. The summed E-state index contributed by atoms with van der Waals surface area (Å²) in [5.74, 6) is 1.63. The predicted octanol–water partition coefficient (Wildman–Crippen LogP) is 2.50. The number of benzene rings is 1. The summed E-state index contributed by atoms with van der Waals surface area (Å²) in [5, 5.41) is 2.99. The van der Waals surface area contributed by atoms with E-state index in [0.717, 1.165) is 38.2 Å². The highest BCUT2D eigenvalue weighted by Gasteiger charge is 2.20. The molecule has 0 aliphatic carbocycles. The van der Waals surface area contributed by atoms with Crippen molar-refractivity contribution in [1.82, 2.24) is 15.2 Å². The highest BCUT2D eigenvalue weighted by atomic mass is 16.5. The molecule has 1 fully saturated rings. The van der Waals surface area contributed by atoms with Gasteiger partial charge in [0.1, 0.15) is 0 Å². The van der Waals surface area contributed by atoms with E-state index >= 15 is 0 Å². The molecule has 0 saturated carbocycles. The Hall–Kier alpha value is -2.60. The standard InChI is InChI=1S/C21H27N3O3/c1-26-19-7-2-3-8-20(19)27-16-21(25)23-14-17-9-12-24(13-10-17)15-18-6-4-5-11-22-18/h2-8,11,17H,9-10,12-16H2,1H3,(H,23,25). The minimum Gasteiger partial charge on any atom is -0.493 e. The summed E-state index contributed by atoms with van der Waals surface area (Å²) in [4.78, 5) is 18.9. The first-order chi connectivity index (χ1) is 13.2. The lowest BCUT2D eigenvalue weighted by molar-refractivity contribution is -0.123. The second-order valence-electron chi connectivity index (χ2n) is 6.78. The molecule has 1 saturated heterocycles. The van der Waals surface area contributed by atoms with Gasteiger partial charge in [-0.15, -0.1) is 0 Å². The van der Waals surface area contributed by atoms with Crippen LogP contribution in [0.1, 0.15) is 18.5 Å². The number of nitrogens with zero attached hydrogens (tertiary/aromatic N) is 2. The lowest BCUT2D eigenvalue weighted by Crippen LogP contribution is -2.39. The molecule has 3 rings (SSSR count). The molecular formula is C21H27N3O3. The molecule has 6 heteroatoms. The summed E-state index contributed by atoms with van der Waals surface area (Å²) in [7, 11) is 1.59. The van der Waals surface area contributed by atoms with Crippen molar-refractivity contribution in [3.05, 3.63) is 54.4 Å². The molecule has 1 N–H and O–H groups in total. The fraction of sp³-hybridized carbons (Fsp3) is 0.429. The van der Waals surface area contributed by atoms with Crippen LogP contribution >= 0.6 is 0 Å². The first-order valence-electron chi connectivity index (χ1n) is 9.39. The smallest absolute Gasteiger partial charge is 0.257 e. The lowest BCUT2D eigenvalue weighted by atomic mass is 9.96. The SMILES string of the molecule is COc1ccccc1OCC(=O)NCC1CCN(Cc2ccccn2)CC1. The van der Waals surface area contributed by atoms with Gasteiger partial charge >= 0.3 is 0 Å². The quantitative estimate of drug-likeness (QED) is 0.775. The van der Waals surface area contributed by atoms with Gasteiger partial charge in [-0.25, -0.2) is 0 Å². The van der Waals surface area contributed by atoms with Gasteiger partial charge in [-0.05, 0) is 56.1 Å². The number of ether oxygens (including phenoxy) is 2. The van der Waals surface area contributed by atoms with Crippen molar-refractivity contribution in [3.63, 3.8) is 0 Å². The second kappa shape index (κ2) is 9.92. The van der Waals surface area contributed by atoms with Crippen molar-refractivity contribution in [2.24, 2.45) is 5.92 Å². The van der Waals surface area contributed by atoms with E-state index in [1.165, 1.54) is 0 Å². The third-order valence-electron chi connectivity index (χ3n) is 4.83. The Bertz CT molecular complexity index is 716. The number of para-hydroxylation sites is 2. The molecule has 1 amide bonds. The van der Waals surface area contributed by atoms with E-state index < -0.39 is 0 Å². The van der Waals surface area contributed by atoms with E-state index in [0.29, 0.717) is 24.0 Å². The van der Waals surface area contributed by atoms with Crippen LogP contribution in [0.15, 0.2) is 48.7 Å². The third kappa shape index (κ3) is 5.96. The summed E-state index contributed by atoms with van der Waals surface area (Å²) in [6.45, 7) is 3.67. The monoisotopic (exact) mass is 369 g/mol.